The molecule has 0 spiro atoms. The fourth-order valence-electron chi connectivity index (χ4n) is 6.75. The molecule has 5 aliphatic heterocycles. The molecule has 0 aromatic rings. The zero-order chi connectivity index (χ0) is 26.7. The van der Waals surface area contributed by atoms with Crippen molar-refractivity contribution in [1.29, 1.82) is 0 Å². The molecule has 0 radical (unpaired) electrons. The summed E-state index contributed by atoms with van der Waals surface area (Å²) in [7, 11) is -4.99. The Morgan fingerprint density at radius 1 is 0.973 bits per heavy atom. The number of ether oxygens (including phenoxy) is 2. The van der Waals surface area contributed by atoms with Gasteiger partial charge in [0.25, 0.3) is 7.82 Å². The van der Waals surface area contributed by atoms with Crippen LogP contribution in [0.25, 0.3) is 0 Å². The van der Waals surface area contributed by atoms with E-state index in [1.807, 2.05) is 0 Å². The van der Waals surface area contributed by atoms with Crippen molar-refractivity contribution >= 4 is 31.7 Å². The summed E-state index contributed by atoms with van der Waals surface area (Å²) < 4.78 is 34.2. The Hall–Kier alpha value is -2.17. The van der Waals surface area contributed by atoms with Crippen LogP contribution in [-0.2, 0) is 32.7 Å². The van der Waals surface area contributed by atoms with Crippen LogP contribution < -0.4 is 15.5 Å². The zero-order valence-corrected chi connectivity index (χ0v) is 20.7. The van der Waals surface area contributed by atoms with Crippen molar-refractivity contribution in [3.8, 4) is 0 Å². The number of phosphoric ester groups is 1. The van der Waals surface area contributed by atoms with Gasteiger partial charge in [0, 0.05) is 12.8 Å². The van der Waals surface area contributed by atoms with Gasteiger partial charge in [-0.25, -0.2) is 9.59 Å². The van der Waals surface area contributed by atoms with E-state index in [1.165, 1.54) is 18.7 Å². The third-order valence-electron chi connectivity index (χ3n) is 8.86. The van der Waals surface area contributed by atoms with Crippen LogP contribution in [0, 0.1) is 10.8 Å². The van der Waals surface area contributed by atoms with Crippen molar-refractivity contribution in [2.75, 3.05) is 13.2 Å². The molecule has 6 fully saturated rings. The van der Waals surface area contributed by atoms with E-state index in [2.05, 4.69) is 10.6 Å². The van der Waals surface area contributed by atoms with Crippen molar-refractivity contribution in [3.05, 3.63) is 0 Å². The first-order chi connectivity index (χ1) is 17.3. The highest BCUT2D eigenvalue weighted by Gasteiger charge is 2.82. The van der Waals surface area contributed by atoms with Crippen molar-refractivity contribution in [3.63, 3.8) is 0 Å². The number of hydrogen-bond acceptors (Lipinski definition) is 12. The molecule has 11 atom stereocenters. The van der Waals surface area contributed by atoms with Crippen LogP contribution in [0.1, 0.15) is 26.7 Å². The molecule has 6 amide bonds. The number of phosphoric acid groups is 1. The summed E-state index contributed by atoms with van der Waals surface area (Å²) in [5.41, 5.74) is -3.04. The van der Waals surface area contributed by atoms with Gasteiger partial charge in [0.1, 0.15) is 24.7 Å². The number of hydrogen-bond donors (Lipinski definition) is 4. The summed E-state index contributed by atoms with van der Waals surface area (Å²) >= 11 is 0. The molecule has 37 heavy (non-hydrogen) atoms. The Morgan fingerprint density at radius 2 is 1.51 bits per heavy atom. The second-order valence-corrected chi connectivity index (χ2v) is 11.9. The lowest BCUT2D eigenvalue weighted by molar-refractivity contribution is -0.244. The van der Waals surface area contributed by atoms with E-state index in [1.54, 1.807) is 0 Å². The number of aliphatic hydroxyl groups excluding tert-OH is 2. The molecule has 1 saturated carbocycles. The molecular formula is C20H26N4O12P-. The molecule has 1 aliphatic carbocycles. The predicted octanol–water partition coefficient (Wildman–Crippen LogP) is -2.68. The van der Waals surface area contributed by atoms with Gasteiger partial charge in [0.15, 0.2) is 0 Å². The van der Waals surface area contributed by atoms with E-state index in [0.29, 0.717) is 0 Å². The molecule has 5 saturated heterocycles. The van der Waals surface area contributed by atoms with Gasteiger partial charge in [-0.3, -0.25) is 34.6 Å². The minimum absolute atomic E-state index is 0.148. The minimum Gasteiger partial charge on any atom is -0.756 e. The maximum absolute atomic E-state index is 13.2. The van der Waals surface area contributed by atoms with E-state index >= 15 is 0 Å². The van der Waals surface area contributed by atoms with Crippen LogP contribution in [-0.4, -0.2) is 106 Å². The number of nitrogens with zero attached hydrogens (tertiary/aromatic N) is 2. The Labute approximate surface area is 209 Å². The monoisotopic (exact) mass is 545 g/mol. The third kappa shape index (κ3) is 3.18. The van der Waals surface area contributed by atoms with Gasteiger partial charge in [0.05, 0.1) is 48.3 Å². The number of urea groups is 2. The molecule has 204 valence electrons. The van der Waals surface area contributed by atoms with Crippen molar-refractivity contribution in [2.45, 2.75) is 75.6 Å². The molecule has 3 unspecified atom stereocenters. The van der Waals surface area contributed by atoms with Crippen LogP contribution in [0.15, 0.2) is 0 Å². The number of nitrogens with one attached hydrogen (secondary N) is 2. The lowest BCUT2D eigenvalue weighted by atomic mass is 9.42. The Kier molecular flexibility index (Phi) is 5.38. The average molecular weight is 545 g/mol. The Morgan fingerprint density at radius 3 is 2.05 bits per heavy atom. The number of rotatable bonds is 1. The highest BCUT2D eigenvalue weighted by atomic mass is 31.2. The molecular weight excluding hydrogens is 519 g/mol. The fourth-order valence-corrected chi connectivity index (χ4v) is 7.69. The highest BCUT2D eigenvalue weighted by Crippen LogP contribution is 2.64. The summed E-state index contributed by atoms with van der Waals surface area (Å²) in [6.45, 7) is 1.73. The maximum atomic E-state index is 13.2. The second-order valence-electron chi connectivity index (χ2n) is 10.5. The van der Waals surface area contributed by atoms with Gasteiger partial charge in [0.2, 0.25) is 11.8 Å². The minimum atomic E-state index is -4.99. The van der Waals surface area contributed by atoms with Crippen LogP contribution in [0.3, 0.4) is 0 Å². The van der Waals surface area contributed by atoms with E-state index in [9.17, 15) is 38.8 Å². The van der Waals surface area contributed by atoms with Gasteiger partial charge in [-0.05, 0) is 13.8 Å². The van der Waals surface area contributed by atoms with Gasteiger partial charge in [-0.2, -0.15) is 0 Å². The quantitative estimate of drug-likeness (QED) is 0.248. The number of aliphatic hydroxyl groups is 2. The van der Waals surface area contributed by atoms with Crippen LogP contribution >= 0.6 is 7.82 Å². The van der Waals surface area contributed by atoms with Crippen LogP contribution in [0.5, 0.6) is 0 Å². The maximum Gasteiger partial charge on any atom is 0.326 e. The SMILES string of the molecule is C[C@]12C(=O)NC(=O)N3[C@H]1[C@@H]1N(C(=O)NC(=O)[C@@]12C)[C@H]1C[C@H](O)C(COP(=O)([O-])O[C@H]2C[C@H]3OC2CO)O1. The molecule has 5 heterocycles. The largest absolute Gasteiger partial charge is 0.756 e. The number of fused-ring (bicyclic) bond motifs is 7. The van der Waals surface area contributed by atoms with Crippen LogP contribution in [0.2, 0.25) is 0 Å². The standard InChI is InChI=1S/C20H27N4O12P/c1-19-13-14-20(19,2)16(28)22-18(30)24(14)12-4-8(9(5-25)34-12)36-37(31,32)33-6-10-7(26)3-11(35-10)23(13)17(29)21-15(19)27/h7-14,25-26H,3-6H2,1-2H3,(H,31,32)(H,21,27,29)(H,22,28,30)/p-1/t7-,8-,9?,10?,11+,12+,13-,14-,19+,20+/m0/s1. The summed E-state index contributed by atoms with van der Waals surface area (Å²) in [6, 6.07) is -3.88. The molecule has 6 aliphatic rings. The van der Waals surface area contributed by atoms with E-state index in [4.69, 9.17) is 18.5 Å². The van der Waals surface area contributed by atoms with Gasteiger partial charge in [-0.1, -0.05) is 0 Å². The first kappa shape index (κ1) is 25.1. The van der Waals surface area contributed by atoms with Crippen molar-refractivity contribution in [1.82, 2.24) is 20.4 Å². The van der Waals surface area contributed by atoms with E-state index < -0.39 is 105 Å². The fraction of sp³-hybridized carbons (Fsp3) is 0.800. The molecule has 17 heteroatoms. The number of imide groups is 2. The molecule has 4 N–H and O–H groups in total. The summed E-state index contributed by atoms with van der Waals surface area (Å²) in [5, 5.41) is 24.9. The van der Waals surface area contributed by atoms with Gasteiger partial charge >= 0.3 is 12.1 Å². The van der Waals surface area contributed by atoms with Crippen LogP contribution in [0.4, 0.5) is 9.59 Å². The normalized spacial score (nSPS) is 51.2. The lowest BCUT2D eigenvalue weighted by Crippen LogP contribution is -2.92. The Balaban J connectivity index is 1.49. The first-order valence-corrected chi connectivity index (χ1v) is 13.3. The zero-order valence-electron chi connectivity index (χ0n) is 19.8. The molecule has 6 rings (SSSR count). The first-order valence-electron chi connectivity index (χ1n) is 11.8. The molecule has 4 bridgehead atoms. The van der Waals surface area contributed by atoms with E-state index in [-0.39, 0.29) is 12.8 Å². The predicted molar refractivity (Wildman–Crippen MR) is 113 cm³/mol. The molecule has 0 aromatic carbocycles. The number of carbonyl (C=O) groups excluding carboxylic acids is 4. The van der Waals surface area contributed by atoms with Gasteiger partial charge in [-0.15, -0.1) is 0 Å². The number of carbonyl (C=O) groups is 4. The summed E-state index contributed by atoms with van der Waals surface area (Å²) in [5.74, 6) is -1.44. The Bertz CT molecular complexity index is 1140. The van der Waals surface area contributed by atoms with Gasteiger partial charge < -0.3 is 33.6 Å². The summed E-state index contributed by atoms with van der Waals surface area (Å²) in [6.07, 6.45) is -7.52. The number of amides is 6. The van der Waals surface area contributed by atoms with Crippen molar-refractivity contribution in [2.24, 2.45) is 10.8 Å². The highest BCUT2D eigenvalue weighted by molar-refractivity contribution is 7.45. The second kappa shape index (κ2) is 7.93. The molecule has 16 nitrogen and oxygen atoms in total. The van der Waals surface area contributed by atoms with E-state index in [0.717, 1.165) is 4.90 Å². The third-order valence-corrected chi connectivity index (χ3v) is 9.85. The topological polar surface area (TPSA) is 216 Å². The smallest absolute Gasteiger partial charge is 0.326 e. The average Bonchev–Trinajstić information content (AvgIpc) is 3.38. The lowest BCUT2D eigenvalue weighted by Gasteiger charge is -2.72. The molecule has 0 aromatic heterocycles. The van der Waals surface area contributed by atoms with Crippen molar-refractivity contribution < 1.29 is 57.4 Å². The summed E-state index contributed by atoms with van der Waals surface area (Å²) in [4.78, 5) is 67.7.